The van der Waals surface area contributed by atoms with Crippen molar-refractivity contribution in [3.63, 3.8) is 0 Å². The Morgan fingerprint density at radius 2 is 2.33 bits per heavy atom. The first-order valence-electron chi connectivity index (χ1n) is 7.53. The van der Waals surface area contributed by atoms with Crippen LogP contribution in [0.5, 0.6) is 0 Å². The van der Waals surface area contributed by atoms with Crippen LogP contribution in [0, 0.1) is 0 Å². The average molecular weight is 344 g/mol. The Kier molecular flexibility index (Phi) is 3.78. The van der Waals surface area contributed by atoms with Gasteiger partial charge in [-0.05, 0) is 18.2 Å². The molecule has 1 unspecified atom stereocenters. The summed E-state index contributed by atoms with van der Waals surface area (Å²) in [5.74, 6) is 0. The molecule has 1 aromatic carbocycles. The van der Waals surface area contributed by atoms with Crippen molar-refractivity contribution >= 4 is 23.3 Å². The Balaban J connectivity index is 1.48. The molecule has 7 nitrogen and oxygen atoms in total. The lowest BCUT2D eigenvalue weighted by molar-refractivity contribution is 0.213. The van der Waals surface area contributed by atoms with Gasteiger partial charge in [0.05, 0.1) is 5.70 Å². The number of aromatic nitrogens is 1. The van der Waals surface area contributed by atoms with Crippen molar-refractivity contribution in [2.24, 2.45) is 10.2 Å². The van der Waals surface area contributed by atoms with Gasteiger partial charge in [0, 0.05) is 35.8 Å². The van der Waals surface area contributed by atoms with Crippen LogP contribution in [0.25, 0.3) is 0 Å². The molecule has 0 bridgehead atoms. The molecule has 1 aromatic heterocycles. The molecule has 122 valence electrons. The molecule has 0 radical (unpaired) electrons. The van der Waals surface area contributed by atoms with Gasteiger partial charge in [-0.3, -0.25) is 0 Å². The molecule has 0 saturated heterocycles. The normalized spacial score (nSPS) is 19.5. The van der Waals surface area contributed by atoms with E-state index in [9.17, 15) is 4.79 Å². The summed E-state index contributed by atoms with van der Waals surface area (Å²) in [6.07, 6.45) is 3.61. The van der Waals surface area contributed by atoms with Crippen LogP contribution in [0.3, 0.4) is 0 Å². The van der Waals surface area contributed by atoms with E-state index in [1.165, 1.54) is 6.39 Å². The number of amides is 2. The maximum atomic E-state index is 12.5. The molecular weight excluding hydrogens is 330 g/mol. The number of nitrogens with zero attached hydrogens (tertiary/aromatic N) is 4. The van der Waals surface area contributed by atoms with Gasteiger partial charge in [0.15, 0.2) is 6.39 Å². The molecule has 1 atom stereocenters. The van der Waals surface area contributed by atoms with Crippen LogP contribution < -0.4 is 5.32 Å². The Labute approximate surface area is 143 Å². The van der Waals surface area contributed by atoms with E-state index in [-0.39, 0.29) is 12.1 Å². The summed E-state index contributed by atoms with van der Waals surface area (Å²) >= 11 is 5.95. The molecule has 0 fully saturated rings. The number of rotatable bonds is 2. The second-order valence-electron chi connectivity index (χ2n) is 5.62. The number of hydrogen-bond acceptors (Lipinski definition) is 5. The summed E-state index contributed by atoms with van der Waals surface area (Å²) in [5, 5.41) is 11.9. The van der Waals surface area contributed by atoms with E-state index in [0.29, 0.717) is 35.9 Å². The molecule has 2 amide bonds. The molecule has 2 aliphatic heterocycles. The van der Waals surface area contributed by atoms with Gasteiger partial charge in [0.2, 0.25) is 0 Å². The number of azo groups is 1. The van der Waals surface area contributed by atoms with E-state index >= 15 is 0 Å². The maximum Gasteiger partial charge on any atom is 0.322 e. The van der Waals surface area contributed by atoms with E-state index in [1.807, 2.05) is 0 Å². The molecule has 0 saturated carbocycles. The number of urea groups is 1. The Morgan fingerprint density at radius 1 is 1.42 bits per heavy atom. The average Bonchev–Trinajstić information content (AvgIpc) is 3.23. The predicted octanol–water partition coefficient (Wildman–Crippen LogP) is 4.03. The van der Waals surface area contributed by atoms with Crippen LogP contribution in [-0.4, -0.2) is 29.0 Å². The van der Waals surface area contributed by atoms with Crippen molar-refractivity contribution in [3.8, 4) is 0 Å². The third-order valence-corrected chi connectivity index (χ3v) is 4.30. The molecule has 3 heterocycles. The van der Waals surface area contributed by atoms with Crippen LogP contribution in [0.15, 0.2) is 62.8 Å². The van der Waals surface area contributed by atoms with Crippen LogP contribution in [0.2, 0.25) is 5.02 Å². The first-order valence-corrected chi connectivity index (χ1v) is 7.91. The van der Waals surface area contributed by atoms with Crippen molar-refractivity contribution in [1.29, 1.82) is 0 Å². The van der Waals surface area contributed by atoms with Gasteiger partial charge in [-0.2, -0.15) is 10.2 Å². The van der Waals surface area contributed by atoms with Gasteiger partial charge >= 0.3 is 6.03 Å². The summed E-state index contributed by atoms with van der Waals surface area (Å²) in [7, 11) is 0. The monoisotopic (exact) mass is 343 g/mol. The first-order chi connectivity index (χ1) is 11.7. The topological polar surface area (TPSA) is 83.1 Å². The highest BCUT2D eigenvalue weighted by atomic mass is 35.5. The lowest BCUT2D eigenvalue weighted by atomic mass is 9.99. The molecule has 1 N–H and O–H groups in total. The lowest BCUT2D eigenvalue weighted by Gasteiger charge is -2.28. The smallest absolute Gasteiger partial charge is 0.322 e. The van der Waals surface area contributed by atoms with E-state index in [1.54, 1.807) is 35.4 Å². The van der Waals surface area contributed by atoms with Crippen molar-refractivity contribution in [3.05, 3.63) is 58.9 Å². The minimum atomic E-state index is -0.263. The minimum Gasteiger partial charge on any atom is -0.451 e. The van der Waals surface area contributed by atoms with Crippen molar-refractivity contribution in [1.82, 2.24) is 9.88 Å². The second-order valence-corrected chi connectivity index (χ2v) is 6.05. The molecule has 8 heteroatoms. The standard InChI is InChI=1S/C16H14ClN5O2/c17-10-2-1-3-11(6-10)19-16(23)22-5-4-13-12(7-22)15(21-20-13)14-8-24-9-18-14/h1-3,6,8-9,15H,4-5,7H2,(H,19,23). The molecule has 0 spiro atoms. The second kappa shape index (κ2) is 6.09. The Hall–Kier alpha value is -2.67. The molecular formula is C16H14ClN5O2. The highest BCUT2D eigenvalue weighted by Gasteiger charge is 2.33. The number of benzene rings is 1. The van der Waals surface area contributed by atoms with Gasteiger partial charge in [0.25, 0.3) is 0 Å². The Bertz CT molecular complexity index is 831. The van der Waals surface area contributed by atoms with Gasteiger partial charge in [0.1, 0.15) is 18.0 Å². The van der Waals surface area contributed by atoms with Crippen LogP contribution >= 0.6 is 11.6 Å². The van der Waals surface area contributed by atoms with Gasteiger partial charge in [-0.25, -0.2) is 9.78 Å². The largest absolute Gasteiger partial charge is 0.451 e. The van der Waals surface area contributed by atoms with Gasteiger partial charge < -0.3 is 14.6 Å². The van der Waals surface area contributed by atoms with Crippen molar-refractivity contribution in [2.75, 3.05) is 18.4 Å². The number of oxazole rings is 1. The van der Waals surface area contributed by atoms with Gasteiger partial charge in [-0.1, -0.05) is 17.7 Å². The van der Waals surface area contributed by atoms with E-state index in [4.69, 9.17) is 16.0 Å². The number of carbonyl (C=O) groups is 1. The highest BCUT2D eigenvalue weighted by molar-refractivity contribution is 6.30. The molecule has 2 aromatic rings. The van der Waals surface area contributed by atoms with Crippen LogP contribution in [-0.2, 0) is 0 Å². The van der Waals surface area contributed by atoms with Crippen molar-refractivity contribution in [2.45, 2.75) is 12.5 Å². The lowest BCUT2D eigenvalue weighted by Crippen LogP contribution is -2.40. The minimum absolute atomic E-state index is 0.172. The number of anilines is 1. The predicted molar refractivity (Wildman–Crippen MR) is 87.8 cm³/mol. The van der Waals surface area contributed by atoms with E-state index in [0.717, 1.165) is 11.3 Å². The Morgan fingerprint density at radius 3 is 3.12 bits per heavy atom. The van der Waals surface area contributed by atoms with Crippen molar-refractivity contribution < 1.29 is 9.21 Å². The summed E-state index contributed by atoms with van der Waals surface area (Å²) in [6, 6.07) is 6.64. The molecule has 4 rings (SSSR count). The summed E-state index contributed by atoms with van der Waals surface area (Å²) in [6.45, 7) is 1.06. The first kappa shape index (κ1) is 14.9. The number of hydrogen-bond donors (Lipinski definition) is 1. The van der Waals surface area contributed by atoms with E-state index < -0.39 is 0 Å². The zero-order chi connectivity index (χ0) is 16.5. The quantitative estimate of drug-likeness (QED) is 0.893. The molecule has 0 aliphatic carbocycles. The fraction of sp³-hybridized carbons (Fsp3) is 0.250. The number of halogens is 1. The van der Waals surface area contributed by atoms with Crippen LogP contribution in [0.4, 0.5) is 10.5 Å². The fourth-order valence-electron chi connectivity index (χ4n) is 2.87. The highest BCUT2D eigenvalue weighted by Crippen LogP contribution is 2.38. The zero-order valence-corrected chi connectivity index (χ0v) is 13.4. The molecule has 2 aliphatic rings. The zero-order valence-electron chi connectivity index (χ0n) is 12.6. The number of carbonyl (C=O) groups excluding carboxylic acids is 1. The fourth-order valence-corrected chi connectivity index (χ4v) is 3.06. The maximum absolute atomic E-state index is 12.5. The molecule has 24 heavy (non-hydrogen) atoms. The summed E-state index contributed by atoms with van der Waals surface area (Å²) < 4.78 is 5.03. The third kappa shape index (κ3) is 2.78. The van der Waals surface area contributed by atoms with Crippen LogP contribution in [0.1, 0.15) is 18.2 Å². The third-order valence-electron chi connectivity index (χ3n) is 4.07. The van der Waals surface area contributed by atoms with Gasteiger partial charge in [-0.15, -0.1) is 0 Å². The summed E-state index contributed by atoms with van der Waals surface area (Å²) in [5.41, 5.74) is 3.31. The van der Waals surface area contributed by atoms with E-state index in [2.05, 4.69) is 20.5 Å². The number of nitrogens with one attached hydrogen (secondary N) is 1. The summed E-state index contributed by atoms with van der Waals surface area (Å²) in [4.78, 5) is 18.4. The SMILES string of the molecule is O=C(Nc1cccc(Cl)c1)N1CCC2=C(C1)C(c1cocn1)N=N2.